The molecule has 0 spiro atoms. The van der Waals surface area contributed by atoms with Crippen molar-refractivity contribution in [3.8, 4) is 0 Å². The van der Waals surface area contributed by atoms with Gasteiger partial charge in [-0.2, -0.15) is 0 Å². The van der Waals surface area contributed by atoms with Gasteiger partial charge >= 0.3 is 6.03 Å². The van der Waals surface area contributed by atoms with E-state index in [1.54, 1.807) is 4.57 Å². The van der Waals surface area contributed by atoms with E-state index in [0.717, 1.165) is 58.8 Å². The van der Waals surface area contributed by atoms with Crippen LogP contribution in [0.5, 0.6) is 0 Å². The van der Waals surface area contributed by atoms with Gasteiger partial charge in [0, 0.05) is 6.04 Å². The van der Waals surface area contributed by atoms with Crippen molar-refractivity contribution in [2.24, 2.45) is 0 Å². The van der Waals surface area contributed by atoms with Crippen LogP contribution in [0.3, 0.4) is 0 Å². The fourth-order valence-corrected chi connectivity index (χ4v) is 12.3. The molecule has 7 rings (SSSR count). The molecule has 0 unspecified atom stereocenters. The van der Waals surface area contributed by atoms with Gasteiger partial charge in [0.05, 0.1) is 0 Å². The Kier molecular flexibility index (Phi) is 7.48. The van der Waals surface area contributed by atoms with E-state index in [9.17, 15) is 0 Å². The highest BCUT2D eigenvalue weighted by molar-refractivity contribution is 7.11. The van der Waals surface area contributed by atoms with E-state index in [1.165, 1.54) is 0 Å². The first-order valence-corrected chi connectivity index (χ1v) is 17.6. The van der Waals surface area contributed by atoms with Crippen molar-refractivity contribution in [1.82, 2.24) is 9.47 Å². The second kappa shape index (κ2) is 11.7. The molecule has 0 atom stereocenters. The van der Waals surface area contributed by atoms with Gasteiger partial charge in [0.1, 0.15) is 0 Å². The number of carbonyl (C=O) groups excluding carboxylic acids is 2. The van der Waals surface area contributed by atoms with Crippen molar-refractivity contribution in [3.05, 3.63) is 163 Å². The second-order valence-electron chi connectivity index (χ2n) is 11.8. The van der Waals surface area contributed by atoms with Crippen LogP contribution in [0.15, 0.2) is 152 Å². The zero-order valence-electron chi connectivity index (χ0n) is 24.8. The van der Waals surface area contributed by atoms with Crippen LogP contribution in [0.25, 0.3) is 0 Å². The van der Waals surface area contributed by atoms with Crippen LogP contribution < -0.4 is 15.6 Å². The average molecular weight is 593 g/mol. The molecule has 2 aliphatic rings. The predicted molar refractivity (Wildman–Crippen MR) is 179 cm³/mol. The molecule has 218 valence electrons. The third-order valence-corrected chi connectivity index (χ3v) is 14.1. The van der Waals surface area contributed by atoms with Crippen LogP contribution in [0.4, 0.5) is 4.79 Å². The molecule has 0 radical (unpaired) electrons. The van der Waals surface area contributed by atoms with E-state index in [4.69, 9.17) is 0 Å². The first-order chi connectivity index (χ1) is 21.7. The van der Waals surface area contributed by atoms with Gasteiger partial charge in [-0.3, -0.25) is 14.3 Å². The molecule has 5 aromatic carbocycles. The van der Waals surface area contributed by atoms with Crippen molar-refractivity contribution >= 4 is 35.7 Å². The first kappa shape index (κ1) is 28.1. The molecule has 5 heteroatoms. The summed E-state index contributed by atoms with van der Waals surface area (Å²) in [6.45, 7) is 0. The molecule has 1 saturated carbocycles. The lowest BCUT2D eigenvalue weighted by atomic mass is 9.79. The molecule has 0 N–H and O–H groups in total. The third kappa shape index (κ3) is 4.26. The van der Waals surface area contributed by atoms with Gasteiger partial charge in [0.15, 0.2) is 5.54 Å². The minimum absolute atomic E-state index is 0.0559. The molecular weight excluding hydrogens is 557 g/mol. The third-order valence-electron chi connectivity index (χ3n) is 9.50. The lowest BCUT2D eigenvalue weighted by Gasteiger charge is -2.42. The summed E-state index contributed by atoms with van der Waals surface area (Å²) in [6, 6.07) is 50.4. The molecule has 1 aliphatic heterocycles. The Morgan fingerprint density at radius 1 is 0.500 bits per heavy atom. The SMILES string of the molecule is O=C1N(C2CCCCC2)C(c2ccccc2)(c2ccccc2)C(=O)N1[Si](c1ccccc1)(c1ccccc1)c1ccccc1. The van der Waals surface area contributed by atoms with E-state index >= 15 is 9.59 Å². The molecular formula is C39H36N2O2Si. The Bertz CT molecular complexity index is 1590. The number of nitrogens with zero attached hydrogens (tertiary/aromatic N) is 2. The Balaban J connectivity index is 1.60. The number of rotatable bonds is 7. The maximum atomic E-state index is 16.0. The number of hydrogen-bond donors (Lipinski definition) is 0. The summed E-state index contributed by atoms with van der Waals surface area (Å²) in [5.41, 5.74) is 0.363. The lowest BCUT2D eigenvalue weighted by Crippen LogP contribution is -2.78. The summed E-state index contributed by atoms with van der Waals surface area (Å²) in [6.07, 6.45) is 4.99. The van der Waals surface area contributed by atoms with Gasteiger partial charge in [0.2, 0.25) is 0 Å². The summed E-state index contributed by atoms with van der Waals surface area (Å²) in [4.78, 5) is 33.6. The maximum absolute atomic E-state index is 16.0. The maximum Gasteiger partial charge on any atom is 0.321 e. The van der Waals surface area contributed by atoms with Crippen molar-refractivity contribution in [2.45, 2.75) is 43.7 Å². The quantitative estimate of drug-likeness (QED) is 0.128. The Labute approximate surface area is 260 Å². The predicted octanol–water partition coefficient (Wildman–Crippen LogP) is 6.19. The lowest BCUT2D eigenvalue weighted by molar-refractivity contribution is -0.129. The summed E-state index contributed by atoms with van der Waals surface area (Å²) in [5, 5.41) is 3.00. The highest BCUT2D eigenvalue weighted by atomic mass is 28.3. The van der Waals surface area contributed by atoms with Gasteiger partial charge in [-0.05, 0) is 39.5 Å². The number of benzene rings is 5. The molecule has 1 aliphatic carbocycles. The van der Waals surface area contributed by atoms with Gasteiger partial charge in [-0.15, -0.1) is 0 Å². The van der Waals surface area contributed by atoms with Gasteiger partial charge in [-0.25, -0.2) is 4.79 Å². The molecule has 44 heavy (non-hydrogen) atoms. The van der Waals surface area contributed by atoms with E-state index in [2.05, 4.69) is 36.4 Å². The van der Waals surface area contributed by atoms with Gasteiger partial charge < -0.3 is 0 Å². The molecule has 3 amide bonds. The normalized spacial score (nSPS) is 17.2. The molecule has 1 heterocycles. The Morgan fingerprint density at radius 3 is 1.25 bits per heavy atom. The second-order valence-corrected chi connectivity index (χ2v) is 15.4. The molecule has 0 aromatic heterocycles. The monoisotopic (exact) mass is 592 g/mol. The van der Waals surface area contributed by atoms with E-state index in [-0.39, 0.29) is 18.0 Å². The van der Waals surface area contributed by atoms with Crippen LogP contribution in [0, 0.1) is 0 Å². The summed E-state index contributed by atoms with van der Waals surface area (Å²) >= 11 is 0. The number of carbonyl (C=O) groups is 2. The molecule has 1 saturated heterocycles. The highest BCUT2D eigenvalue weighted by Crippen LogP contribution is 2.48. The molecule has 2 fully saturated rings. The minimum atomic E-state index is -3.48. The summed E-state index contributed by atoms with van der Waals surface area (Å²) < 4.78 is 1.74. The highest BCUT2D eigenvalue weighted by Gasteiger charge is 2.67. The number of urea groups is 1. The smallest absolute Gasteiger partial charge is 0.299 e. The number of imide groups is 1. The van der Waals surface area contributed by atoms with E-state index in [0.29, 0.717) is 0 Å². The summed E-state index contributed by atoms with van der Waals surface area (Å²) in [5.74, 6) is -0.173. The van der Waals surface area contributed by atoms with Crippen LogP contribution in [-0.4, -0.2) is 35.7 Å². The molecule has 5 aromatic rings. The zero-order chi connectivity index (χ0) is 30.0. The number of hydrogen-bond acceptors (Lipinski definition) is 2. The molecule has 4 nitrogen and oxygen atoms in total. The van der Waals surface area contributed by atoms with Gasteiger partial charge in [0.25, 0.3) is 14.1 Å². The average Bonchev–Trinajstić information content (AvgIpc) is 3.34. The minimum Gasteiger partial charge on any atom is -0.299 e. The van der Waals surface area contributed by atoms with Crippen molar-refractivity contribution < 1.29 is 9.59 Å². The van der Waals surface area contributed by atoms with Crippen molar-refractivity contribution in [2.75, 3.05) is 0 Å². The van der Waals surface area contributed by atoms with Crippen LogP contribution in [0.1, 0.15) is 43.2 Å². The fourth-order valence-electron chi connectivity index (χ4n) is 7.64. The Hall–Kier alpha value is -4.74. The van der Waals surface area contributed by atoms with Crippen LogP contribution in [0.2, 0.25) is 0 Å². The standard InChI is InChI=1S/C39H36N2O2Si/c42-37-39(31-19-7-1-8-20-31,32-21-9-2-10-22-32)40(33-23-11-3-12-24-33)38(43)41(37)44(34-25-13-4-14-26-34,35-27-15-5-16-28-35)36-29-17-6-18-30-36/h1-2,4-10,13-22,25-30,33H,3,11-12,23-24H2. The van der Waals surface area contributed by atoms with E-state index < -0.39 is 13.8 Å². The van der Waals surface area contributed by atoms with Crippen LogP contribution in [-0.2, 0) is 10.3 Å². The zero-order valence-corrected chi connectivity index (χ0v) is 25.8. The topological polar surface area (TPSA) is 40.6 Å². The number of amides is 3. The van der Waals surface area contributed by atoms with Crippen molar-refractivity contribution in [3.63, 3.8) is 0 Å². The van der Waals surface area contributed by atoms with E-state index in [1.807, 2.05) is 120 Å². The molecule has 0 bridgehead atoms. The van der Waals surface area contributed by atoms with Crippen molar-refractivity contribution in [1.29, 1.82) is 0 Å². The fraction of sp³-hybridized carbons (Fsp3) is 0.179. The van der Waals surface area contributed by atoms with Gasteiger partial charge in [-0.1, -0.05) is 171 Å². The summed E-state index contributed by atoms with van der Waals surface area (Å²) in [7, 11) is -3.48. The van der Waals surface area contributed by atoms with Crippen LogP contribution >= 0.6 is 0 Å². The largest absolute Gasteiger partial charge is 0.321 e. The first-order valence-electron chi connectivity index (χ1n) is 15.7. The Morgan fingerprint density at radius 2 is 0.864 bits per heavy atom.